The van der Waals surface area contributed by atoms with Gasteiger partial charge in [0.05, 0.1) is 5.56 Å². The highest BCUT2D eigenvalue weighted by Gasteiger charge is 2.18. The fourth-order valence-electron chi connectivity index (χ4n) is 2.24. The number of rotatable bonds is 2. The van der Waals surface area contributed by atoms with E-state index in [0.717, 1.165) is 16.5 Å². The normalized spacial score (nSPS) is 10.9. The summed E-state index contributed by atoms with van der Waals surface area (Å²) in [7, 11) is 0. The van der Waals surface area contributed by atoms with Crippen molar-refractivity contribution >= 4 is 32.6 Å². The van der Waals surface area contributed by atoms with Gasteiger partial charge in [-0.25, -0.2) is 4.39 Å². The Morgan fingerprint density at radius 2 is 1.95 bits per heavy atom. The molecule has 0 spiro atoms. The maximum absolute atomic E-state index is 13.8. The number of hydrogen-bond acceptors (Lipinski definition) is 1. The second-order valence-electron chi connectivity index (χ2n) is 4.70. The zero-order valence-corrected chi connectivity index (χ0v) is 12.3. The van der Waals surface area contributed by atoms with Gasteiger partial charge < -0.3 is 4.98 Å². The third-order valence-electron chi connectivity index (χ3n) is 3.25. The van der Waals surface area contributed by atoms with Crippen molar-refractivity contribution in [1.82, 2.24) is 4.98 Å². The Balaban J connectivity index is 2.15. The number of halogens is 2. The highest BCUT2D eigenvalue weighted by molar-refractivity contribution is 9.10. The topological polar surface area (TPSA) is 32.9 Å². The lowest BCUT2D eigenvalue weighted by molar-refractivity contribution is 0.103. The summed E-state index contributed by atoms with van der Waals surface area (Å²) in [4.78, 5) is 15.6. The molecule has 0 fully saturated rings. The molecule has 2 aromatic carbocycles. The fraction of sp³-hybridized carbons (Fsp3) is 0.0625. The smallest absolute Gasteiger partial charge is 0.198 e. The van der Waals surface area contributed by atoms with Crippen LogP contribution in [0.1, 0.15) is 21.5 Å². The van der Waals surface area contributed by atoms with Crippen LogP contribution in [0.2, 0.25) is 0 Å². The number of aromatic nitrogens is 1. The van der Waals surface area contributed by atoms with Crippen LogP contribution >= 0.6 is 15.9 Å². The van der Waals surface area contributed by atoms with E-state index in [2.05, 4.69) is 20.9 Å². The van der Waals surface area contributed by atoms with Gasteiger partial charge in [0.2, 0.25) is 0 Å². The van der Waals surface area contributed by atoms with Crippen LogP contribution in [0, 0.1) is 12.7 Å². The Morgan fingerprint density at radius 3 is 2.75 bits per heavy atom. The van der Waals surface area contributed by atoms with Crippen molar-refractivity contribution in [2.24, 2.45) is 0 Å². The molecule has 0 amide bonds. The summed E-state index contributed by atoms with van der Waals surface area (Å²) in [5.41, 5.74) is 2.54. The van der Waals surface area contributed by atoms with Gasteiger partial charge >= 0.3 is 0 Å². The molecule has 4 heteroatoms. The van der Waals surface area contributed by atoms with Crippen LogP contribution in [0.5, 0.6) is 0 Å². The van der Waals surface area contributed by atoms with E-state index >= 15 is 0 Å². The fourth-order valence-corrected chi connectivity index (χ4v) is 2.61. The first-order valence-electron chi connectivity index (χ1n) is 6.14. The van der Waals surface area contributed by atoms with Crippen molar-refractivity contribution in [3.63, 3.8) is 0 Å². The molecule has 100 valence electrons. The summed E-state index contributed by atoms with van der Waals surface area (Å²) >= 11 is 3.26. The minimum atomic E-state index is -0.514. The van der Waals surface area contributed by atoms with E-state index in [1.165, 1.54) is 12.1 Å². The standard InChI is InChI=1S/C16H11BrFNO/c1-9-2-4-11-13(8-19-15(11)6-9)16(20)12-7-10(17)3-5-14(12)18/h2-8,19H,1H3. The first-order chi connectivity index (χ1) is 9.56. The summed E-state index contributed by atoms with van der Waals surface area (Å²) in [5.74, 6) is -0.835. The zero-order chi connectivity index (χ0) is 14.3. The summed E-state index contributed by atoms with van der Waals surface area (Å²) in [5, 5.41) is 0.806. The lowest BCUT2D eigenvalue weighted by Gasteiger charge is -2.03. The third kappa shape index (κ3) is 2.16. The summed E-state index contributed by atoms with van der Waals surface area (Å²) in [6.07, 6.45) is 1.63. The van der Waals surface area contributed by atoms with Gasteiger partial charge in [-0.15, -0.1) is 0 Å². The predicted molar refractivity (Wildman–Crippen MR) is 80.6 cm³/mol. The average molecular weight is 332 g/mol. The van der Waals surface area contributed by atoms with Crippen LogP contribution < -0.4 is 0 Å². The molecule has 0 unspecified atom stereocenters. The van der Waals surface area contributed by atoms with Crippen LogP contribution in [0.3, 0.4) is 0 Å². The number of H-pyrrole nitrogens is 1. The predicted octanol–water partition coefficient (Wildman–Crippen LogP) is 4.61. The molecule has 0 aliphatic carbocycles. The van der Waals surface area contributed by atoms with Gasteiger partial charge in [0.25, 0.3) is 0 Å². The highest BCUT2D eigenvalue weighted by atomic mass is 79.9. The van der Waals surface area contributed by atoms with Crippen molar-refractivity contribution in [3.8, 4) is 0 Å². The maximum atomic E-state index is 13.8. The number of aryl methyl sites for hydroxylation is 1. The van der Waals surface area contributed by atoms with E-state index in [1.807, 2.05) is 25.1 Å². The van der Waals surface area contributed by atoms with Crippen molar-refractivity contribution in [3.05, 3.63) is 69.6 Å². The van der Waals surface area contributed by atoms with E-state index in [0.29, 0.717) is 10.0 Å². The lowest BCUT2D eigenvalue weighted by atomic mass is 10.0. The quantitative estimate of drug-likeness (QED) is 0.683. The van der Waals surface area contributed by atoms with E-state index < -0.39 is 5.82 Å². The Labute approximate surface area is 123 Å². The summed E-state index contributed by atoms with van der Waals surface area (Å²) in [6.45, 7) is 1.98. The molecule has 1 N–H and O–H groups in total. The average Bonchev–Trinajstić information content (AvgIpc) is 2.83. The molecule has 2 nitrogen and oxygen atoms in total. The van der Waals surface area contributed by atoms with Gasteiger partial charge in [-0.3, -0.25) is 4.79 Å². The van der Waals surface area contributed by atoms with Crippen LogP contribution in [-0.4, -0.2) is 10.8 Å². The van der Waals surface area contributed by atoms with Gasteiger partial charge in [0, 0.05) is 27.1 Å². The van der Waals surface area contributed by atoms with Gasteiger partial charge in [-0.1, -0.05) is 28.1 Å². The van der Waals surface area contributed by atoms with Crippen LogP contribution in [0.4, 0.5) is 4.39 Å². The van der Waals surface area contributed by atoms with Crippen molar-refractivity contribution < 1.29 is 9.18 Å². The molecule has 0 bridgehead atoms. The Morgan fingerprint density at radius 1 is 1.15 bits per heavy atom. The SMILES string of the molecule is Cc1ccc2c(C(=O)c3cc(Br)ccc3F)c[nH]c2c1. The number of nitrogens with one attached hydrogen (secondary N) is 1. The van der Waals surface area contributed by atoms with Crippen LogP contribution in [0.25, 0.3) is 10.9 Å². The van der Waals surface area contributed by atoms with Gasteiger partial charge in [-0.2, -0.15) is 0 Å². The first kappa shape index (κ1) is 13.1. The Hall–Kier alpha value is -1.94. The minimum absolute atomic E-state index is 0.0702. The summed E-state index contributed by atoms with van der Waals surface area (Å²) < 4.78 is 14.5. The molecule has 0 radical (unpaired) electrons. The van der Waals surface area contributed by atoms with E-state index in [9.17, 15) is 9.18 Å². The molecule has 0 saturated carbocycles. The largest absolute Gasteiger partial charge is 0.360 e. The van der Waals surface area contributed by atoms with Crippen molar-refractivity contribution in [2.75, 3.05) is 0 Å². The van der Waals surface area contributed by atoms with Crippen molar-refractivity contribution in [2.45, 2.75) is 6.92 Å². The molecule has 0 saturated heterocycles. The number of benzene rings is 2. The van der Waals surface area contributed by atoms with Gasteiger partial charge in [0.15, 0.2) is 5.78 Å². The molecule has 20 heavy (non-hydrogen) atoms. The molecule has 3 aromatic rings. The maximum Gasteiger partial charge on any atom is 0.198 e. The molecule has 1 heterocycles. The Kier molecular flexibility index (Phi) is 3.18. The molecule has 0 aliphatic heterocycles. The minimum Gasteiger partial charge on any atom is -0.360 e. The molecular weight excluding hydrogens is 321 g/mol. The number of carbonyl (C=O) groups is 1. The number of carbonyl (C=O) groups excluding carboxylic acids is 1. The van der Waals surface area contributed by atoms with E-state index in [-0.39, 0.29) is 11.3 Å². The molecular formula is C16H11BrFNO. The number of ketones is 1. The highest BCUT2D eigenvalue weighted by Crippen LogP contribution is 2.24. The lowest BCUT2D eigenvalue weighted by Crippen LogP contribution is -2.03. The second-order valence-corrected chi connectivity index (χ2v) is 5.62. The number of fused-ring (bicyclic) bond motifs is 1. The number of hydrogen-bond donors (Lipinski definition) is 1. The van der Waals surface area contributed by atoms with Gasteiger partial charge in [-0.05, 0) is 36.8 Å². The van der Waals surface area contributed by atoms with Crippen LogP contribution in [-0.2, 0) is 0 Å². The van der Waals surface area contributed by atoms with Gasteiger partial charge in [0.1, 0.15) is 5.82 Å². The zero-order valence-electron chi connectivity index (χ0n) is 10.7. The second kappa shape index (κ2) is 4.87. The molecule has 3 rings (SSSR count). The molecule has 1 aromatic heterocycles. The monoisotopic (exact) mass is 331 g/mol. The van der Waals surface area contributed by atoms with E-state index in [1.54, 1.807) is 12.3 Å². The first-order valence-corrected chi connectivity index (χ1v) is 6.93. The number of aromatic amines is 1. The van der Waals surface area contributed by atoms with Crippen molar-refractivity contribution in [1.29, 1.82) is 0 Å². The third-order valence-corrected chi connectivity index (χ3v) is 3.75. The molecule has 0 atom stereocenters. The van der Waals surface area contributed by atoms with E-state index in [4.69, 9.17) is 0 Å². The van der Waals surface area contributed by atoms with Crippen LogP contribution in [0.15, 0.2) is 47.1 Å². The summed E-state index contributed by atoms with van der Waals surface area (Å²) in [6, 6.07) is 10.1. The Bertz CT molecular complexity index is 822. The molecule has 0 aliphatic rings.